The summed E-state index contributed by atoms with van der Waals surface area (Å²) in [5, 5.41) is 11.9. The summed E-state index contributed by atoms with van der Waals surface area (Å²) in [7, 11) is 0. The normalized spacial score (nSPS) is 10.0. The number of imidazole rings is 1. The second kappa shape index (κ2) is 4.43. The van der Waals surface area contributed by atoms with Crippen molar-refractivity contribution in [2.24, 2.45) is 0 Å². The van der Waals surface area contributed by atoms with Crippen LogP contribution in [0.3, 0.4) is 0 Å². The van der Waals surface area contributed by atoms with Crippen LogP contribution in [0.1, 0.15) is 10.5 Å². The molecule has 0 saturated heterocycles. The van der Waals surface area contributed by atoms with Crippen LogP contribution in [0.15, 0.2) is 37.1 Å². The fourth-order valence-corrected chi connectivity index (χ4v) is 1.27. The van der Waals surface area contributed by atoms with Crippen LogP contribution in [0.2, 0.25) is 0 Å². The van der Waals surface area contributed by atoms with E-state index in [0.717, 1.165) is 5.69 Å². The maximum absolute atomic E-state index is 10.8. The van der Waals surface area contributed by atoms with Gasteiger partial charge in [0.15, 0.2) is 0 Å². The Bertz CT molecular complexity index is 481. The molecule has 0 aliphatic carbocycles. The highest BCUT2D eigenvalue weighted by Gasteiger charge is 2.08. The third kappa shape index (κ3) is 2.17. The van der Waals surface area contributed by atoms with Gasteiger partial charge in [-0.05, 0) is 12.1 Å². The number of pyridine rings is 1. The van der Waals surface area contributed by atoms with Gasteiger partial charge in [-0.25, -0.2) is 9.78 Å². The second-order valence-corrected chi connectivity index (χ2v) is 3.13. The van der Waals surface area contributed by atoms with E-state index in [2.05, 4.69) is 15.3 Å². The van der Waals surface area contributed by atoms with Gasteiger partial charge in [0.2, 0.25) is 0 Å². The summed E-state index contributed by atoms with van der Waals surface area (Å²) in [4.78, 5) is 18.5. The molecule has 6 heteroatoms. The highest BCUT2D eigenvalue weighted by Crippen LogP contribution is 2.05. The van der Waals surface area contributed by atoms with Gasteiger partial charge < -0.3 is 15.0 Å². The Morgan fingerprint density at radius 2 is 2.31 bits per heavy atom. The molecular weight excluding hydrogens is 208 g/mol. The molecule has 0 aromatic carbocycles. The smallest absolute Gasteiger partial charge is 0.354 e. The zero-order valence-electron chi connectivity index (χ0n) is 8.37. The third-order valence-electron chi connectivity index (χ3n) is 2.05. The maximum atomic E-state index is 10.8. The molecule has 82 valence electrons. The lowest BCUT2D eigenvalue weighted by Crippen LogP contribution is -2.13. The molecule has 0 radical (unpaired) electrons. The van der Waals surface area contributed by atoms with E-state index in [0.29, 0.717) is 6.67 Å². The number of nitrogens with one attached hydrogen (secondary N) is 1. The SMILES string of the molecule is O=C(O)c1cncn1CNc1cccnc1. The van der Waals surface area contributed by atoms with Gasteiger partial charge in [-0.3, -0.25) is 4.98 Å². The van der Waals surface area contributed by atoms with E-state index in [-0.39, 0.29) is 5.69 Å². The first kappa shape index (κ1) is 10.2. The lowest BCUT2D eigenvalue weighted by atomic mass is 10.4. The Hall–Kier alpha value is -2.37. The fraction of sp³-hybridized carbons (Fsp3) is 0.100. The number of hydrogen-bond acceptors (Lipinski definition) is 4. The van der Waals surface area contributed by atoms with E-state index in [1.165, 1.54) is 17.1 Å². The molecule has 2 aromatic rings. The molecule has 16 heavy (non-hydrogen) atoms. The highest BCUT2D eigenvalue weighted by atomic mass is 16.4. The monoisotopic (exact) mass is 218 g/mol. The minimum Gasteiger partial charge on any atom is -0.477 e. The van der Waals surface area contributed by atoms with Crippen molar-refractivity contribution >= 4 is 11.7 Å². The summed E-state index contributed by atoms with van der Waals surface area (Å²) >= 11 is 0. The zero-order chi connectivity index (χ0) is 11.4. The van der Waals surface area contributed by atoms with Gasteiger partial charge in [-0.15, -0.1) is 0 Å². The predicted octanol–water partition coefficient (Wildman–Crippen LogP) is 1.05. The van der Waals surface area contributed by atoms with Gasteiger partial charge in [0.05, 0.1) is 24.9 Å². The topological polar surface area (TPSA) is 80.0 Å². The molecule has 0 aliphatic heterocycles. The minimum absolute atomic E-state index is 0.149. The van der Waals surface area contributed by atoms with E-state index in [1.54, 1.807) is 18.5 Å². The molecule has 0 spiro atoms. The quantitative estimate of drug-likeness (QED) is 0.801. The largest absolute Gasteiger partial charge is 0.477 e. The summed E-state index contributed by atoms with van der Waals surface area (Å²) in [6, 6.07) is 3.65. The Morgan fingerprint density at radius 1 is 1.44 bits per heavy atom. The molecule has 0 aliphatic rings. The molecule has 0 atom stereocenters. The number of carboxylic acids is 1. The summed E-state index contributed by atoms with van der Waals surface area (Å²) in [5.74, 6) is -0.995. The Kier molecular flexibility index (Phi) is 2.81. The van der Waals surface area contributed by atoms with Crippen LogP contribution in [0.25, 0.3) is 0 Å². The Labute approximate surface area is 91.6 Å². The highest BCUT2D eigenvalue weighted by molar-refractivity contribution is 5.85. The maximum Gasteiger partial charge on any atom is 0.354 e. The first-order chi connectivity index (χ1) is 7.77. The summed E-state index contributed by atoms with van der Waals surface area (Å²) < 4.78 is 1.51. The van der Waals surface area contributed by atoms with E-state index in [4.69, 9.17) is 5.11 Å². The van der Waals surface area contributed by atoms with Crippen molar-refractivity contribution < 1.29 is 9.90 Å². The van der Waals surface area contributed by atoms with Gasteiger partial charge in [-0.1, -0.05) is 0 Å². The molecule has 2 N–H and O–H groups in total. The first-order valence-electron chi connectivity index (χ1n) is 4.64. The molecular formula is C10H10N4O2. The van der Waals surface area contributed by atoms with Gasteiger partial charge in [-0.2, -0.15) is 0 Å². The molecule has 0 bridgehead atoms. The molecule has 2 rings (SSSR count). The average molecular weight is 218 g/mol. The third-order valence-corrected chi connectivity index (χ3v) is 2.05. The van der Waals surface area contributed by atoms with Gasteiger partial charge in [0.25, 0.3) is 0 Å². The Morgan fingerprint density at radius 3 is 3.00 bits per heavy atom. The van der Waals surface area contributed by atoms with Crippen LogP contribution >= 0.6 is 0 Å². The number of carbonyl (C=O) groups is 1. The number of anilines is 1. The lowest BCUT2D eigenvalue weighted by Gasteiger charge is -2.07. The Balaban J connectivity index is 2.05. The molecule has 0 amide bonds. The van der Waals surface area contributed by atoms with E-state index in [9.17, 15) is 4.79 Å². The average Bonchev–Trinajstić information content (AvgIpc) is 2.76. The fourth-order valence-electron chi connectivity index (χ4n) is 1.27. The van der Waals surface area contributed by atoms with Crippen molar-refractivity contribution in [3.8, 4) is 0 Å². The van der Waals surface area contributed by atoms with Crippen LogP contribution < -0.4 is 5.32 Å². The minimum atomic E-state index is -0.995. The van der Waals surface area contributed by atoms with Crippen molar-refractivity contribution in [3.05, 3.63) is 42.7 Å². The van der Waals surface area contributed by atoms with Crippen molar-refractivity contribution in [2.45, 2.75) is 6.67 Å². The van der Waals surface area contributed by atoms with Crippen LogP contribution in [0.5, 0.6) is 0 Å². The number of aromatic carboxylic acids is 1. The number of aromatic nitrogens is 3. The van der Waals surface area contributed by atoms with Crippen LogP contribution in [-0.4, -0.2) is 25.6 Å². The molecule has 2 aromatic heterocycles. The van der Waals surface area contributed by atoms with Gasteiger partial charge in [0.1, 0.15) is 5.69 Å². The van der Waals surface area contributed by atoms with Crippen LogP contribution in [0.4, 0.5) is 5.69 Å². The van der Waals surface area contributed by atoms with Crippen molar-refractivity contribution in [3.63, 3.8) is 0 Å². The van der Waals surface area contributed by atoms with Crippen LogP contribution in [0, 0.1) is 0 Å². The summed E-state index contributed by atoms with van der Waals surface area (Å²) in [6.07, 6.45) is 6.11. The lowest BCUT2D eigenvalue weighted by molar-refractivity contribution is 0.0685. The number of nitrogens with zero attached hydrogens (tertiary/aromatic N) is 3. The predicted molar refractivity (Wildman–Crippen MR) is 57.0 cm³/mol. The van der Waals surface area contributed by atoms with Crippen LogP contribution in [-0.2, 0) is 6.67 Å². The summed E-state index contributed by atoms with van der Waals surface area (Å²) in [5.41, 5.74) is 0.976. The van der Waals surface area contributed by atoms with Gasteiger partial charge >= 0.3 is 5.97 Å². The molecule has 2 heterocycles. The summed E-state index contributed by atoms with van der Waals surface area (Å²) in [6.45, 7) is 0.341. The van der Waals surface area contributed by atoms with E-state index < -0.39 is 5.97 Å². The molecule has 0 saturated carbocycles. The zero-order valence-corrected chi connectivity index (χ0v) is 8.37. The standard InChI is InChI=1S/C10H10N4O2/c15-10(16)9-5-12-6-14(9)7-13-8-2-1-3-11-4-8/h1-6,13H,7H2,(H,15,16). The number of rotatable bonds is 4. The van der Waals surface area contributed by atoms with Crippen molar-refractivity contribution in [1.82, 2.24) is 14.5 Å². The van der Waals surface area contributed by atoms with E-state index >= 15 is 0 Å². The molecule has 6 nitrogen and oxygen atoms in total. The second-order valence-electron chi connectivity index (χ2n) is 3.13. The molecule has 0 unspecified atom stereocenters. The molecule has 0 fully saturated rings. The first-order valence-corrected chi connectivity index (χ1v) is 4.64. The number of carboxylic acid groups (broad SMARTS) is 1. The number of hydrogen-bond donors (Lipinski definition) is 2. The van der Waals surface area contributed by atoms with E-state index in [1.807, 2.05) is 6.07 Å². The van der Waals surface area contributed by atoms with Crippen molar-refractivity contribution in [1.29, 1.82) is 0 Å². The van der Waals surface area contributed by atoms with Crippen molar-refractivity contribution in [2.75, 3.05) is 5.32 Å². The van der Waals surface area contributed by atoms with Gasteiger partial charge in [0, 0.05) is 12.4 Å².